The summed E-state index contributed by atoms with van der Waals surface area (Å²) < 4.78 is 11.1. The molecule has 3 aromatic rings. The number of amides is 1. The summed E-state index contributed by atoms with van der Waals surface area (Å²) in [7, 11) is 0. The topological polar surface area (TPSA) is 63.7 Å². The molecule has 1 aromatic heterocycles. The van der Waals surface area contributed by atoms with E-state index in [9.17, 15) is 4.79 Å². The number of rotatable bonds is 6. The van der Waals surface area contributed by atoms with Gasteiger partial charge < -0.3 is 14.8 Å². The molecular formula is C24H25N3O3. The van der Waals surface area contributed by atoms with Gasteiger partial charge in [-0.25, -0.2) is 4.98 Å². The summed E-state index contributed by atoms with van der Waals surface area (Å²) >= 11 is 0. The number of hydrogen-bond donors (Lipinski definition) is 1. The minimum absolute atomic E-state index is 0.159. The fourth-order valence-corrected chi connectivity index (χ4v) is 3.27. The van der Waals surface area contributed by atoms with Gasteiger partial charge in [0, 0.05) is 31.3 Å². The Morgan fingerprint density at radius 2 is 1.90 bits per heavy atom. The molecule has 1 saturated heterocycles. The van der Waals surface area contributed by atoms with Crippen LogP contribution in [0.4, 0.5) is 5.69 Å². The van der Waals surface area contributed by atoms with Crippen molar-refractivity contribution in [1.82, 2.24) is 9.88 Å². The maximum atomic E-state index is 12.7. The molecule has 2 heterocycles. The molecule has 0 saturated carbocycles. The summed E-state index contributed by atoms with van der Waals surface area (Å²) in [4.78, 5) is 19.3. The van der Waals surface area contributed by atoms with Gasteiger partial charge in [0.15, 0.2) is 0 Å². The monoisotopic (exact) mass is 403 g/mol. The van der Waals surface area contributed by atoms with Crippen LogP contribution in [0.25, 0.3) is 0 Å². The summed E-state index contributed by atoms with van der Waals surface area (Å²) in [5.41, 5.74) is 3.53. The first kappa shape index (κ1) is 20.1. The third-order valence-electron chi connectivity index (χ3n) is 4.94. The van der Waals surface area contributed by atoms with Gasteiger partial charge in [-0.1, -0.05) is 29.8 Å². The lowest BCUT2D eigenvalue weighted by Gasteiger charge is -2.26. The molecule has 6 heteroatoms. The first-order valence-corrected chi connectivity index (χ1v) is 10.1. The van der Waals surface area contributed by atoms with Crippen LogP contribution >= 0.6 is 0 Å². The smallest absolute Gasteiger partial charge is 0.255 e. The lowest BCUT2D eigenvalue weighted by atomic mass is 10.1. The Bertz CT molecular complexity index is 981. The van der Waals surface area contributed by atoms with Crippen molar-refractivity contribution in [3.05, 3.63) is 83.6 Å². The van der Waals surface area contributed by atoms with E-state index >= 15 is 0 Å². The highest BCUT2D eigenvalue weighted by atomic mass is 16.5. The molecule has 0 spiro atoms. The Hall–Kier alpha value is -3.22. The lowest BCUT2D eigenvalue weighted by Crippen LogP contribution is -2.35. The number of aromatic nitrogens is 1. The van der Waals surface area contributed by atoms with Gasteiger partial charge in [0.1, 0.15) is 5.75 Å². The van der Waals surface area contributed by atoms with Gasteiger partial charge >= 0.3 is 0 Å². The van der Waals surface area contributed by atoms with E-state index in [1.54, 1.807) is 18.3 Å². The predicted octanol–water partition coefficient (Wildman–Crippen LogP) is 4.27. The Labute approximate surface area is 176 Å². The highest BCUT2D eigenvalue weighted by Gasteiger charge is 2.12. The van der Waals surface area contributed by atoms with Gasteiger partial charge in [0.2, 0.25) is 5.88 Å². The van der Waals surface area contributed by atoms with Crippen LogP contribution in [0, 0.1) is 6.92 Å². The zero-order chi connectivity index (χ0) is 20.8. The summed E-state index contributed by atoms with van der Waals surface area (Å²) in [5, 5.41) is 2.90. The predicted molar refractivity (Wildman–Crippen MR) is 116 cm³/mol. The van der Waals surface area contributed by atoms with E-state index in [1.807, 2.05) is 55.5 Å². The average molecular weight is 403 g/mol. The van der Waals surface area contributed by atoms with E-state index in [-0.39, 0.29) is 5.91 Å². The fourth-order valence-electron chi connectivity index (χ4n) is 3.27. The van der Waals surface area contributed by atoms with Gasteiger partial charge in [-0.3, -0.25) is 9.69 Å². The van der Waals surface area contributed by atoms with Crippen LogP contribution in [0.3, 0.4) is 0 Å². The van der Waals surface area contributed by atoms with Crippen molar-refractivity contribution in [2.24, 2.45) is 0 Å². The summed E-state index contributed by atoms with van der Waals surface area (Å²) in [5.74, 6) is 1.04. The van der Waals surface area contributed by atoms with Crippen LogP contribution in [0.1, 0.15) is 21.5 Å². The number of carbonyl (C=O) groups is 1. The number of pyridine rings is 1. The fraction of sp³-hybridized carbons (Fsp3) is 0.250. The molecule has 0 aliphatic carbocycles. The Kier molecular flexibility index (Phi) is 6.37. The van der Waals surface area contributed by atoms with E-state index in [0.717, 1.165) is 44.2 Å². The maximum absolute atomic E-state index is 12.7. The van der Waals surface area contributed by atoms with Crippen LogP contribution in [0.15, 0.2) is 66.9 Å². The van der Waals surface area contributed by atoms with Crippen molar-refractivity contribution < 1.29 is 14.3 Å². The van der Waals surface area contributed by atoms with Crippen molar-refractivity contribution in [2.75, 3.05) is 31.6 Å². The lowest BCUT2D eigenvalue weighted by molar-refractivity contribution is 0.0342. The van der Waals surface area contributed by atoms with E-state index in [0.29, 0.717) is 17.1 Å². The largest absolute Gasteiger partial charge is 0.439 e. The molecule has 0 unspecified atom stereocenters. The molecule has 0 atom stereocenters. The number of ether oxygens (including phenoxy) is 2. The number of benzene rings is 2. The molecule has 1 N–H and O–H groups in total. The highest BCUT2D eigenvalue weighted by Crippen LogP contribution is 2.21. The van der Waals surface area contributed by atoms with Gasteiger partial charge in [-0.2, -0.15) is 0 Å². The van der Waals surface area contributed by atoms with Crippen LogP contribution in [-0.4, -0.2) is 42.1 Å². The van der Waals surface area contributed by atoms with Crippen molar-refractivity contribution in [1.29, 1.82) is 0 Å². The number of morpholine rings is 1. The normalized spacial score (nSPS) is 14.3. The quantitative estimate of drug-likeness (QED) is 0.666. The summed E-state index contributed by atoms with van der Waals surface area (Å²) in [6, 6.07) is 19.0. The van der Waals surface area contributed by atoms with Gasteiger partial charge in [0.05, 0.1) is 25.1 Å². The number of anilines is 1. The molecule has 30 heavy (non-hydrogen) atoms. The standard InChI is InChI=1S/C24H25N3O3/c1-18-5-8-22(9-6-18)30-23-10-7-21(16-25-23)26-24(28)20-4-2-3-19(15-20)17-27-11-13-29-14-12-27/h2-10,15-16H,11-14,17H2,1H3,(H,26,28). The molecule has 0 radical (unpaired) electrons. The maximum Gasteiger partial charge on any atom is 0.255 e. The van der Waals surface area contributed by atoms with Crippen LogP contribution in [-0.2, 0) is 11.3 Å². The van der Waals surface area contributed by atoms with Crippen molar-refractivity contribution >= 4 is 11.6 Å². The van der Waals surface area contributed by atoms with Gasteiger partial charge in [-0.05, 0) is 42.8 Å². The number of nitrogens with one attached hydrogen (secondary N) is 1. The van der Waals surface area contributed by atoms with E-state index in [2.05, 4.69) is 15.2 Å². The summed E-state index contributed by atoms with van der Waals surface area (Å²) in [6.07, 6.45) is 1.60. The zero-order valence-corrected chi connectivity index (χ0v) is 17.0. The van der Waals surface area contributed by atoms with E-state index < -0.39 is 0 Å². The zero-order valence-electron chi connectivity index (χ0n) is 17.0. The van der Waals surface area contributed by atoms with Crippen molar-refractivity contribution in [3.63, 3.8) is 0 Å². The highest BCUT2D eigenvalue weighted by molar-refractivity contribution is 6.04. The van der Waals surface area contributed by atoms with E-state index in [4.69, 9.17) is 9.47 Å². The van der Waals surface area contributed by atoms with Crippen LogP contribution in [0.2, 0.25) is 0 Å². The number of aryl methyl sites for hydroxylation is 1. The van der Waals surface area contributed by atoms with Crippen molar-refractivity contribution in [2.45, 2.75) is 13.5 Å². The Morgan fingerprint density at radius 1 is 1.10 bits per heavy atom. The molecule has 6 nitrogen and oxygen atoms in total. The molecule has 154 valence electrons. The minimum Gasteiger partial charge on any atom is -0.439 e. The molecule has 1 fully saturated rings. The third-order valence-corrected chi connectivity index (χ3v) is 4.94. The second kappa shape index (κ2) is 9.52. The first-order chi connectivity index (χ1) is 14.7. The minimum atomic E-state index is -0.159. The average Bonchev–Trinajstić information content (AvgIpc) is 2.77. The molecule has 1 aliphatic rings. The SMILES string of the molecule is Cc1ccc(Oc2ccc(NC(=O)c3cccc(CN4CCOCC4)c3)cn2)cc1. The van der Waals surface area contributed by atoms with Crippen LogP contribution in [0.5, 0.6) is 11.6 Å². The number of nitrogens with zero attached hydrogens (tertiary/aromatic N) is 2. The second-order valence-electron chi connectivity index (χ2n) is 7.34. The molecule has 0 bridgehead atoms. The second-order valence-corrected chi connectivity index (χ2v) is 7.34. The Morgan fingerprint density at radius 3 is 2.63 bits per heavy atom. The molecule has 1 amide bonds. The molecule has 1 aliphatic heterocycles. The first-order valence-electron chi connectivity index (χ1n) is 10.1. The van der Waals surface area contributed by atoms with E-state index in [1.165, 1.54) is 5.56 Å². The van der Waals surface area contributed by atoms with Gasteiger partial charge in [-0.15, -0.1) is 0 Å². The van der Waals surface area contributed by atoms with Crippen LogP contribution < -0.4 is 10.1 Å². The Balaban J connectivity index is 1.36. The number of hydrogen-bond acceptors (Lipinski definition) is 5. The molecular weight excluding hydrogens is 378 g/mol. The van der Waals surface area contributed by atoms with Gasteiger partial charge in [0.25, 0.3) is 5.91 Å². The molecule has 4 rings (SSSR count). The van der Waals surface area contributed by atoms with Crippen molar-refractivity contribution in [3.8, 4) is 11.6 Å². The summed E-state index contributed by atoms with van der Waals surface area (Å²) in [6.45, 7) is 6.20. The third kappa shape index (κ3) is 5.43. The number of carbonyl (C=O) groups excluding carboxylic acids is 1. The molecule has 2 aromatic carbocycles.